The summed E-state index contributed by atoms with van der Waals surface area (Å²) >= 11 is -1.08. The van der Waals surface area contributed by atoms with Crippen molar-refractivity contribution < 1.29 is 16.8 Å². The van der Waals surface area contributed by atoms with Crippen LogP contribution in [0.4, 0.5) is 22.7 Å². The number of aromatic nitrogens is 2. The maximum absolute atomic E-state index is 5.73. The zero-order valence-electron chi connectivity index (χ0n) is 31.7. The minimum absolute atomic E-state index is 0.575. The second-order valence-electron chi connectivity index (χ2n) is 15.2. The van der Waals surface area contributed by atoms with Gasteiger partial charge in [-0.2, -0.15) is 0 Å². The molecule has 275 valence electrons. The third kappa shape index (κ3) is 4.44. The van der Waals surface area contributed by atoms with Crippen LogP contribution in [0, 0.1) is 0 Å². The second-order valence-corrected chi connectivity index (χ2v) is 17.9. The van der Waals surface area contributed by atoms with Crippen LogP contribution in [0.5, 0.6) is 0 Å². The zero-order valence-corrected chi connectivity index (χ0v) is 34.1. The van der Waals surface area contributed by atoms with Gasteiger partial charge < -0.3 is 0 Å². The van der Waals surface area contributed by atoms with Gasteiger partial charge in [0.15, 0.2) is 0 Å². The molecule has 1 unspecified atom stereocenters. The number of anilines is 4. The molecule has 5 heterocycles. The Morgan fingerprint density at radius 3 is 1.61 bits per heavy atom. The summed E-state index contributed by atoms with van der Waals surface area (Å²) in [7, 11) is 4.52. The first-order valence-corrected chi connectivity index (χ1v) is 21.5. The summed E-state index contributed by atoms with van der Waals surface area (Å²) < 4.78 is 5.02. The topological polar surface area (TPSA) is 30.8 Å². The SMILES string of the molecule is CN1[C]2=[Ir]=[C]3N(C)c4ccccc4N3[C@@](C)(c3ccccc3)c3cccc(n3)-n3c4ccccc4c4ccc(cc43)C(C)(c3ccccc3)N2c2ccccc21. The third-order valence-corrected chi connectivity index (χ3v) is 16.0. The number of hydrogen-bond acceptors (Lipinski definition) is 5. The van der Waals surface area contributed by atoms with Crippen molar-refractivity contribution in [3.63, 3.8) is 0 Å². The molecule has 0 saturated heterocycles. The Hall–Kier alpha value is -6.14. The first kappa shape index (κ1) is 33.2. The second kappa shape index (κ2) is 12.2. The Balaban J connectivity index is 1.37. The van der Waals surface area contributed by atoms with Gasteiger partial charge in [-0.15, -0.1) is 0 Å². The van der Waals surface area contributed by atoms with Crippen molar-refractivity contribution in [1.29, 1.82) is 0 Å². The number of hydrogen-bond donors (Lipinski definition) is 0. The van der Waals surface area contributed by atoms with Crippen molar-refractivity contribution in [1.82, 2.24) is 9.55 Å². The van der Waals surface area contributed by atoms with E-state index in [0.29, 0.717) is 0 Å². The third-order valence-electron chi connectivity index (χ3n) is 12.3. The van der Waals surface area contributed by atoms with Crippen LogP contribution in [0.3, 0.4) is 0 Å². The van der Waals surface area contributed by atoms with Gasteiger partial charge in [0.1, 0.15) is 0 Å². The van der Waals surface area contributed by atoms with Crippen LogP contribution >= 0.6 is 0 Å². The fraction of sp³-hybridized carbons (Fsp3) is 0.122. The van der Waals surface area contributed by atoms with Crippen molar-refractivity contribution in [3.8, 4) is 5.82 Å². The van der Waals surface area contributed by atoms with Gasteiger partial charge in [-0.25, -0.2) is 0 Å². The Kier molecular flexibility index (Phi) is 7.22. The van der Waals surface area contributed by atoms with Crippen molar-refractivity contribution >= 4 is 53.1 Å². The maximum atomic E-state index is 5.73. The first-order chi connectivity index (χ1) is 27.4. The van der Waals surface area contributed by atoms with Crippen LogP contribution < -0.4 is 19.6 Å². The quantitative estimate of drug-likeness (QED) is 0.173. The number of nitrogens with zero attached hydrogens (tertiary/aromatic N) is 6. The molecule has 0 radical (unpaired) electrons. The standard InChI is InChI=1S/C49H40N6.Ir/c1-48(35-18-7-5-8-19-35,53-33-51(3)41-24-13-15-26-43(41)53)37-30-31-39-38-22-11-12-23-40(38)55(45(39)32-37)47-29-17-28-46(50-47)49(2,36-20-9-6-10-21-36)54-34-52(4)42-25-14-16-27-44(42)54;/h5-32H,1-4H3;/t48?,49-;/m0./s1. The molecule has 3 aliphatic rings. The first-order valence-electron chi connectivity index (χ1n) is 19.1. The Morgan fingerprint density at radius 1 is 0.446 bits per heavy atom. The fourth-order valence-electron chi connectivity index (χ4n) is 9.31. The molecule has 7 heteroatoms. The number of rotatable bonds is 2. The Labute approximate surface area is 334 Å². The molecule has 2 atom stereocenters. The summed E-state index contributed by atoms with van der Waals surface area (Å²) in [5, 5.41) is 2.43. The molecular weight excluding hydrogens is 865 g/mol. The van der Waals surface area contributed by atoms with Crippen LogP contribution in [0.25, 0.3) is 27.6 Å². The molecule has 2 aromatic heterocycles. The molecule has 0 saturated carbocycles. The van der Waals surface area contributed by atoms with E-state index in [1.54, 1.807) is 0 Å². The number of benzene rings is 6. The van der Waals surface area contributed by atoms with Crippen LogP contribution in [0.15, 0.2) is 170 Å². The van der Waals surface area contributed by atoms with E-state index in [1.165, 1.54) is 58.8 Å². The molecular formula is C49H40IrN6. The molecule has 6 nitrogen and oxygen atoms in total. The zero-order chi connectivity index (χ0) is 37.8. The van der Waals surface area contributed by atoms with Gasteiger partial charge in [0.05, 0.1) is 0 Å². The van der Waals surface area contributed by atoms with E-state index in [9.17, 15) is 0 Å². The van der Waals surface area contributed by atoms with Crippen molar-refractivity contribution in [2.75, 3.05) is 33.7 Å². The molecule has 0 spiro atoms. The molecule has 0 amide bonds. The van der Waals surface area contributed by atoms with Crippen molar-refractivity contribution in [2.45, 2.75) is 24.9 Å². The number of para-hydroxylation sites is 5. The Morgan fingerprint density at radius 2 is 0.964 bits per heavy atom. The number of fused-ring (bicyclic) bond motifs is 13. The molecule has 11 rings (SSSR count). The fourth-order valence-corrected chi connectivity index (χ4v) is 13.4. The summed E-state index contributed by atoms with van der Waals surface area (Å²) in [6.45, 7) is 4.79. The van der Waals surface area contributed by atoms with Gasteiger partial charge in [-0.05, 0) is 0 Å². The van der Waals surface area contributed by atoms with Crippen LogP contribution in [0.1, 0.15) is 36.2 Å². The van der Waals surface area contributed by atoms with Crippen LogP contribution in [-0.4, -0.2) is 32.2 Å². The summed E-state index contributed by atoms with van der Waals surface area (Å²) in [5.74, 6) is 0.906. The molecule has 0 aliphatic carbocycles. The van der Waals surface area contributed by atoms with Crippen molar-refractivity contribution in [3.05, 3.63) is 192 Å². The molecule has 56 heavy (non-hydrogen) atoms. The van der Waals surface area contributed by atoms with Gasteiger partial charge in [-0.1, -0.05) is 0 Å². The predicted molar refractivity (Wildman–Crippen MR) is 229 cm³/mol. The molecule has 4 bridgehead atoms. The molecule has 6 aromatic carbocycles. The van der Waals surface area contributed by atoms with E-state index in [-0.39, 0.29) is 0 Å². The minimum atomic E-state index is -1.08. The Bertz CT molecular complexity index is 2950. The van der Waals surface area contributed by atoms with E-state index in [0.717, 1.165) is 22.5 Å². The number of pyridine rings is 1. The molecule has 0 fully saturated rings. The average Bonchev–Trinajstić information content (AvgIpc) is 3.85. The normalized spacial score (nSPS) is 20.0. The van der Waals surface area contributed by atoms with E-state index in [2.05, 4.69) is 222 Å². The van der Waals surface area contributed by atoms with E-state index < -0.39 is 27.9 Å². The molecule has 3 aliphatic heterocycles. The van der Waals surface area contributed by atoms with Gasteiger partial charge in [0.2, 0.25) is 0 Å². The monoisotopic (exact) mass is 905 g/mol. The summed E-state index contributed by atoms with van der Waals surface area (Å²) in [5.41, 5.74) is 10.5. The van der Waals surface area contributed by atoms with Gasteiger partial charge in [0, 0.05) is 0 Å². The predicted octanol–water partition coefficient (Wildman–Crippen LogP) is 9.89. The average molecular weight is 905 g/mol. The molecule has 0 N–H and O–H groups in total. The summed E-state index contributed by atoms with van der Waals surface area (Å²) in [4.78, 5) is 16.0. The van der Waals surface area contributed by atoms with Crippen molar-refractivity contribution in [2.24, 2.45) is 0 Å². The van der Waals surface area contributed by atoms with Crippen LogP contribution in [-0.2, 0) is 27.9 Å². The van der Waals surface area contributed by atoms with E-state index in [4.69, 9.17) is 4.98 Å². The molecule has 8 aromatic rings. The van der Waals surface area contributed by atoms with Gasteiger partial charge in [-0.3, -0.25) is 0 Å². The summed E-state index contributed by atoms with van der Waals surface area (Å²) in [6, 6.07) is 62.4. The van der Waals surface area contributed by atoms with E-state index in [1.807, 2.05) is 0 Å². The van der Waals surface area contributed by atoms with E-state index >= 15 is 0 Å². The van der Waals surface area contributed by atoms with Crippen LogP contribution in [0.2, 0.25) is 0 Å². The van der Waals surface area contributed by atoms with Gasteiger partial charge >= 0.3 is 336 Å². The van der Waals surface area contributed by atoms with Gasteiger partial charge in [0.25, 0.3) is 0 Å². The summed E-state index contributed by atoms with van der Waals surface area (Å²) in [6.07, 6.45) is 0.